The first-order valence-electron chi connectivity index (χ1n) is 4.90. The summed E-state index contributed by atoms with van der Waals surface area (Å²) in [5, 5.41) is 14.3. The van der Waals surface area contributed by atoms with E-state index in [2.05, 4.69) is 20.6 Å². The van der Waals surface area contributed by atoms with Gasteiger partial charge < -0.3 is 5.32 Å². The monoisotopic (exact) mass is 271 g/mol. The summed E-state index contributed by atoms with van der Waals surface area (Å²) in [6, 6.07) is 0. The van der Waals surface area contributed by atoms with Crippen LogP contribution in [-0.4, -0.2) is 32.4 Å². The van der Waals surface area contributed by atoms with Crippen LogP contribution < -0.4 is 5.32 Å². The van der Waals surface area contributed by atoms with E-state index in [4.69, 9.17) is 11.6 Å². The Kier molecular flexibility index (Phi) is 3.70. The highest BCUT2D eigenvalue weighted by molar-refractivity contribution is 7.17. The third-order valence-corrected chi connectivity index (χ3v) is 3.07. The molecule has 1 N–H and O–H groups in total. The molecule has 0 aromatic carbocycles. The molecule has 1 amide bonds. The Labute approximate surface area is 107 Å². The first kappa shape index (κ1) is 12.0. The van der Waals surface area contributed by atoms with Crippen molar-refractivity contribution in [1.29, 1.82) is 0 Å². The average molecular weight is 272 g/mol. The maximum atomic E-state index is 11.6. The van der Waals surface area contributed by atoms with Gasteiger partial charge in [0, 0.05) is 19.8 Å². The Morgan fingerprint density at radius 1 is 1.59 bits per heavy atom. The minimum atomic E-state index is -0.252. The molecule has 90 valence electrons. The Balaban J connectivity index is 1.81. The summed E-state index contributed by atoms with van der Waals surface area (Å²) >= 11 is 6.65. The van der Waals surface area contributed by atoms with E-state index in [9.17, 15) is 4.79 Å². The van der Waals surface area contributed by atoms with Crippen molar-refractivity contribution in [2.24, 2.45) is 7.05 Å². The zero-order valence-corrected chi connectivity index (χ0v) is 10.6. The van der Waals surface area contributed by atoms with Crippen LogP contribution in [0.5, 0.6) is 0 Å². The van der Waals surface area contributed by atoms with Gasteiger partial charge in [-0.1, -0.05) is 11.3 Å². The molecule has 2 aromatic rings. The largest absolute Gasteiger partial charge is 0.350 e. The summed E-state index contributed by atoms with van der Waals surface area (Å²) in [5.74, 6) is -0.252. The van der Waals surface area contributed by atoms with Crippen molar-refractivity contribution in [1.82, 2.24) is 25.3 Å². The lowest BCUT2D eigenvalue weighted by Gasteiger charge is -2.00. The lowest BCUT2D eigenvalue weighted by molar-refractivity contribution is 0.0953. The summed E-state index contributed by atoms with van der Waals surface area (Å²) in [7, 11) is 1.85. The molecule has 0 aliphatic carbocycles. The lowest BCUT2D eigenvalue weighted by Crippen LogP contribution is -2.25. The summed E-state index contributed by atoms with van der Waals surface area (Å²) in [6.45, 7) is 0.529. The van der Waals surface area contributed by atoms with Crippen molar-refractivity contribution in [3.8, 4) is 0 Å². The molecule has 0 unspecified atom stereocenters. The van der Waals surface area contributed by atoms with Crippen molar-refractivity contribution in [2.75, 3.05) is 6.54 Å². The zero-order valence-electron chi connectivity index (χ0n) is 9.05. The smallest absolute Gasteiger partial charge is 0.282 e. The van der Waals surface area contributed by atoms with Gasteiger partial charge in [-0.15, -0.1) is 10.2 Å². The molecule has 2 aromatic heterocycles. The molecular formula is C9H10ClN5OS. The Bertz CT molecular complexity index is 523. The highest BCUT2D eigenvalue weighted by Crippen LogP contribution is 2.14. The van der Waals surface area contributed by atoms with E-state index in [-0.39, 0.29) is 15.4 Å². The molecule has 8 heteroatoms. The number of carbonyl (C=O) groups excluding carboxylic acids is 1. The van der Waals surface area contributed by atoms with Crippen molar-refractivity contribution < 1.29 is 4.79 Å². The van der Waals surface area contributed by atoms with Gasteiger partial charge in [0.1, 0.15) is 0 Å². The van der Waals surface area contributed by atoms with E-state index < -0.39 is 0 Å². The highest BCUT2D eigenvalue weighted by Gasteiger charge is 2.11. The molecule has 0 aliphatic heterocycles. The van der Waals surface area contributed by atoms with E-state index in [1.165, 1.54) is 0 Å². The number of halogens is 1. The fourth-order valence-corrected chi connectivity index (χ4v) is 2.04. The number of aryl methyl sites for hydroxylation is 1. The van der Waals surface area contributed by atoms with Gasteiger partial charge in [-0.25, -0.2) is 0 Å². The minimum absolute atomic E-state index is 0.252. The predicted octanol–water partition coefficient (Wildman–Crippen LogP) is 0.897. The highest BCUT2D eigenvalue weighted by atomic mass is 35.5. The van der Waals surface area contributed by atoms with Crippen molar-refractivity contribution >= 4 is 28.8 Å². The summed E-state index contributed by atoms with van der Waals surface area (Å²) in [4.78, 5) is 11.6. The average Bonchev–Trinajstić information content (AvgIpc) is 2.88. The van der Waals surface area contributed by atoms with E-state index in [0.29, 0.717) is 6.54 Å². The van der Waals surface area contributed by atoms with Crippen LogP contribution >= 0.6 is 22.9 Å². The molecule has 0 radical (unpaired) electrons. The van der Waals surface area contributed by atoms with E-state index in [0.717, 1.165) is 23.3 Å². The summed E-state index contributed by atoms with van der Waals surface area (Å²) in [6.07, 6.45) is 4.41. The lowest BCUT2D eigenvalue weighted by atomic mass is 10.2. The second-order valence-corrected chi connectivity index (χ2v) is 4.95. The quantitative estimate of drug-likeness (QED) is 0.897. The third kappa shape index (κ3) is 3.24. The molecule has 0 fully saturated rings. The van der Waals surface area contributed by atoms with Crippen LogP contribution in [0.3, 0.4) is 0 Å². The number of amides is 1. The van der Waals surface area contributed by atoms with Gasteiger partial charge in [-0.3, -0.25) is 9.48 Å². The van der Waals surface area contributed by atoms with Crippen LogP contribution in [0.2, 0.25) is 4.47 Å². The van der Waals surface area contributed by atoms with Crippen molar-refractivity contribution in [3.05, 3.63) is 27.4 Å². The molecule has 17 heavy (non-hydrogen) atoms. The number of aromatic nitrogens is 4. The Morgan fingerprint density at radius 3 is 3.00 bits per heavy atom. The molecule has 6 nitrogen and oxygen atoms in total. The van der Waals surface area contributed by atoms with Gasteiger partial charge in [0.05, 0.1) is 6.20 Å². The van der Waals surface area contributed by atoms with E-state index >= 15 is 0 Å². The van der Waals surface area contributed by atoms with Crippen LogP contribution in [0.15, 0.2) is 12.4 Å². The van der Waals surface area contributed by atoms with Gasteiger partial charge in [-0.05, 0) is 23.6 Å². The van der Waals surface area contributed by atoms with Gasteiger partial charge in [0.15, 0.2) is 0 Å². The minimum Gasteiger partial charge on any atom is -0.350 e. The molecule has 2 rings (SSSR count). The van der Waals surface area contributed by atoms with Gasteiger partial charge in [-0.2, -0.15) is 5.10 Å². The van der Waals surface area contributed by atoms with E-state index in [1.807, 2.05) is 13.2 Å². The predicted molar refractivity (Wildman–Crippen MR) is 64.2 cm³/mol. The number of hydrogen-bond donors (Lipinski definition) is 1. The van der Waals surface area contributed by atoms with Gasteiger partial charge in [0.2, 0.25) is 9.47 Å². The van der Waals surface area contributed by atoms with Gasteiger partial charge in [0.25, 0.3) is 5.91 Å². The Morgan fingerprint density at radius 2 is 2.41 bits per heavy atom. The first-order chi connectivity index (χ1) is 8.15. The molecule has 0 saturated heterocycles. The third-order valence-electron chi connectivity index (χ3n) is 2.05. The number of nitrogens with zero attached hydrogens (tertiary/aromatic N) is 4. The zero-order chi connectivity index (χ0) is 12.3. The second-order valence-electron chi connectivity index (χ2n) is 3.39. The van der Waals surface area contributed by atoms with Crippen LogP contribution in [0, 0.1) is 0 Å². The first-order valence-corrected chi connectivity index (χ1v) is 6.09. The fraction of sp³-hybridized carbons (Fsp3) is 0.333. The number of rotatable bonds is 4. The summed E-state index contributed by atoms with van der Waals surface area (Å²) < 4.78 is 1.99. The maximum absolute atomic E-state index is 11.6. The number of carbonyl (C=O) groups is 1. The summed E-state index contributed by atoms with van der Waals surface area (Å²) in [5.41, 5.74) is 1.07. The van der Waals surface area contributed by atoms with Crippen LogP contribution in [0.1, 0.15) is 15.4 Å². The molecule has 0 atom stereocenters. The SMILES string of the molecule is Cn1cc(CCNC(=O)c2nnc(Cl)s2)cn1. The van der Waals surface area contributed by atoms with Crippen molar-refractivity contribution in [3.63, 3.8) is 0 Å². The van der Waals surface area contributed by atoms with Crippen molar-refractivity contribution in [2.45, 2.75) is 6.42 Å². The van der Waals surface area contributed by atoms with Gasteiger partial charge >= 0.3 is 0 Å². The number of nitrogens with one attached hydrogen (secondary N) is 1. The van der Waals surface area contributed by atoms with Crippen LogP contribution in [0.4, 0.5) is 0 Å². The number of hydrogen-bond acceptors (Lipinski definition) is 5. The molecule has 0 aliphatic rings. The fourth-order valence-electron chi connectivity index (χ4n) is 1.29. The van der Waals surface area contributed by atoms with Crippen LogP contribution in [-0.2, 0) is 13.5 Å². The molecule has 0 saturated carbocycles. The second kappa shape index (κ2) is 5.24. The topological polar surface area (TPSA) is 72.7 Å². The molecule has 0 bridgehead atoms. The molecule has 0 spiro atoms. The van der Waals surface area contributed by atoms with Crippen LogP contribution in [0.25, 0.3) is 0 Å². The maximum Gasteiger partial charge on any atom is 0.282 e. The van der Waals surface area contributed by atoms with E-state index in [1.54, 1.807) is 10.9 Å². The standard InChI is InChI=1S/C9H10ClN5OS/c1-15-5-6(4-12-15)2-3-11-7(16)8-13-14-9(10)17-8/h4-5H,2-3H2,1H3,(H,11,16). The normalized spacial score (nSPS) is 10.5. The molecule has 2 heterocycles. The Hall–Kier alpha value is -1.47. The molecular weight excluding hydrogens is 262 g/mol.